The van der Waals surface area contributed by atoms with E-state index in [0.29, 0.717) is 44.1 Å². The summed E-state index contributed by atoms with van der Waals surface area (Å²) in [5.74, 6) is -12.8. The van der Waals surface area contributed by atoms with Gasteiger partial charge >= 0.3 is 11.9 Å². The number of phenolic OH excluding ortho intramolecular Hbond substituents is 1. The minimum atomic E-state index is -1.40. The molecule has 12 amide bonds. The molecule has 534 valence electrons. The van der Waals surface area contributed by atoms with Gasteiger partial charge in [0.25, 0.3) is 0 Å². The maximum absolute atomic E-state index is 14.5. The lowest BCUT2D eigenvalue weighted by atomic mass is 9.97. The molecule has 12 atom stereocenters. The van der Waals surface area contributed by atoms with Crippen LogP contribution in [0.4, 0.5) is 0 Å². The first-order valence-electron chi connectivity index (χ1n) is 33.0. The van der Waals surface area contributed by atoms with Crippen LogP contribution in [0.15, 0.2) is 24.3 Å². The quantitative estimate of drug-likeness (QED) is 0.0250. The monoisotopic (exact) mass is 1390 g/mol. The van der Waals surface area contributed by atoms with Gasteiger partial charge in [-0.1, -0.05) is 53.7 Å². The number of benzene rings is 1. The summed E-state index contributed by atoms with van der Waals surface area (Å²) in [6, 6.07) is -8.38. The molecule has 4 saturated heterocycles. The Bertz CT molecular complexity index is 2960. The van der Waals surface area contributed by atoms with Crippen LogP contribution in [0, 0.1) is 17.8 Å². The molecule has 0 bridgehead atoms. The number of amides is 12. The third-order valence-corrected chi connectivity index (χ3v) is 18.4. The zero-order chi connectivity index (χ0) is 71.2. The van der Waals surface area contributed by atoms with Crippen molar-refractivity contribution in [1.29, 1.82) is 0 Å². The van der Waals surface area contributed by atoms with Gasteiger partial charge in [0.05, 0.1) is 12.6 Å². The van der Waals surface area contributed by atoms with Crippen molar-refractivity contribution in [1.82, 2.24) is 62.1 Å². The van der Waals surface area contributed by atoms with Crippen LogP contribution in [-0.4, -0.2) is 241 Å². The molecule has 4 aliphatic heterocycles. The summed E-state index contributed by atoms with van der Waals surface area (Å²) in [5, 5.41) is 49.7. The van der Waals surface area contributed by atoms with E-state index in [1.807, 2.05) is 0 Å². The van der Waals surface area contributed by atoms with Crippen molar-refractivity contribution in [2.45, 2.75) is 204 Å². The molecule has 0 radical (unpaired) electrons. The van der Waals surface area contributed by atoms with E-state index in [0.717, 1.165) is 0 Å². The van der Waals surface area contributed by atoms with Gasteiger partial charge in [-0.2, -0.15) is 25.3 Å². The SMILES string of the molecule is CC(C)[C@H](NC(=O)[C@@H](NC(=O)[C@@H](NC(=O)[C@@H](N)CCC(=O)O)C(C)C)C(C)C)C(=O)N[C@@H](CCCCN)C(=O)N[C@@H](Cc1ccc(O)cc1)C(=O)NCC(=O)N1CCC[C@H]1C(=O)N1CCC[C@H]1C(=O)N[C@@H](CS)C(=O)N1CCC[C@H]1C(=O)N1CCC[C@H]1C(=O)N[C@@H](CS)C(=O)O. The van der Waals surface area contributed by atoms with Crippen molar-refractivity contribution in [3.8, 4) is 5.75 Å². The lowest BCUT2D eigenvalue weighted by Gasteiger charge is -2.34. The number of carbonyl (C=O) groups excluding carboxylic acids is 12. The van der Waals surface area contributed by atoms with Crippen LogP contribution in [-0.2, 0) is 73.5 Å². The lowest BCUT2D eigenvalue weighted by Crippen LogP contribution is -2.62. The number of carboxylic acid groups (broad SMARTS) is 2. The average molecular weight is 1390 g/mol. The zero-order valence-corrected chi connectivity index (χ0v) is 57.2. The Hall–Kier alpha value is -7.78. The Balaban J connectivity index is 1.24. The first-order valence-corrected chi connectivity index (χ1v) is 34.2. The van der Waals surface area contributed by atoms with Crippen LogP contribution in [0.3, 0.4) is 0 Å². The molecular formula is C63H98N14O17S2. The van der Waals surface area contributed by atoms with Crippen LogP contribution in [0.1, 0.15) is 131 Å². The molecular weight excluding hydrogens is 1290 g/mol. The van der Waals surface area contributed by atoms with Crippen molar-refractivity contribution >= 4 is 108 Å². The molecule has 4 fully saturated rings. The number of nitrogens with two attached hydrogens (primary N) is 2. The second-order valence-electron chi connectivity index (χ2n) is 25.9. The van der Waals surface area contributed by atoms with E-state index in [2.05, 4.69) is 67.8 Å². The highest BCUT2D eigenvalue weighted by Gasteiger charge is 2.47. The van der Waals surface area contributed by atoms with Gasteiger partial charge in [0.15, 0.2) is 0 Å². The number of aromatic hydroxyl groups is 1. The fourth-order valence-corrected chi connectivity index (χ4v) is 12.7. The van der Waals surface area contributed by atoms with Crippen LogP contribution < -0.4 is 54.0 Å². The number of carbonyl (C=O) groups is 14. The summed E-state index contributed by atoms with van der Waals surface area (Å²) in [4.78, 5) is 196. The molecule has 0 unspecified atom stereocenters. The van der Waals surface area contributed by atoms with Gasteiger partial charge in [-0.25, -0.2) is 4.79 Å². The molecule has 1 aromatic rings. The first kappa shape index (κ1) is 78.9. The second kappa shape index (κ2) is 37.7. The summed E-state index contributed by atoms with van der Waals surface area (Å²) in [5.41, 5.74) is 12.2. The molecule has 0 aliphatic carbocycles. The molecule has 5 rings (SSSR count). The Labute approximate surface area is 569 Å². The maximum Gasteiger partial charge on any atom is 0.327 e. The predicted octanol–water partition coefficient (Wildman–Crippen LogP) is -2.36. The number of aliphatic carboxylic acids is 2. The molecule has 4 heterocycles. The van der Waals surface area contributed by atoms with Gasteiger partial charge in [0, 0.05) is 50.5 Å². The number of thiol groups is 2. The van der Waals surface area contributed by atoms with Gasteiger partial charge in [-0.3, -0.25) is 62.3 Å². The number of unbranched alkanes of at least 4 members (excludes halogenated alkanes) is 1. The van der Waals surface area contributed by atoms with E-state index in [9.17, 15) is 77.3 Å². The van der Waals surface area contributed by atoms with Crippen molar-refractivity contribution in [2.24, 2.45) is 29.2 Å². The van der Waals surface area contributed by atoms with Crippen molar-refractivity contribution < 1.29 is 82.4 Å². The van der Waals surface area contributed by atoms with Gasteiger partial charge in [-0.15, -0.1) is 0 Å². The number of carboxylic acids is 2. The number of nitrogens with zero attached hydrogens (tertiary/aromatic N) is 4. The smallest absolute Gasteiger partial charge is 0.327 e. The Morgan fingerprint density at radius 1 is 0.510 bits per heavy atom. The maximum atomic E-state index is 14.5. The Morgan fingerprint density at radius 2 is 0.948 bits per heavy atom. The van der Waals surface area contributed by atoms with E-state index in [4.69, 9.17) is 16.6 Å². The standard InChI is InChI=1S/C63H98N14O17S2/c1-33(2)49(72-59(89)51(35(5)6)73-58(88)50(34(3)4)71-52(82)38(65)22-23-48(80)81)57(87)67-39(13-7-8-24-64)54(84)68-40(29-36-18-20-37(78)21-19-36)53(83)66-30-47(79)74-25-11-16-45(74)61(91)75-26-9-14-43(75)55(85)69-41(31-95)60(90)77-28-12-17-46(77)62(92)76-27-10-15-44(76)56(86)70-42(32-96)63(93)94/h18-21,33-35,38-46,49-51,78,95-96H,7-17,22-32,64-65H2,1-6H3,(H,66,83)(H,67,87)(H,68,84)(H,69,85)(H,70,86)(H,71,82)(H,72,89)(H,73,88)(H,80,81)(H,93,94)/t38-,39-,40-,41-,42-,43-,44-,45-,46-,49-,50-,51-/m0/s1. The number of hydrogen-bond acceptors (Lipinski definition) is 19. The molecule has 0 spiro atoms. The van der Waals surface area contributed by atoms with Crippen LogP contribution >= 0.6 is 25.3 Å². The average Bonchev–Trinajstić information content (AvgIpc) is 1.64. The van der Waals surface area contributed by atoms with Gasteiger partial charge in [0.2, 0.25) is 70.9 Å². The number of hydrogen-bond donors (Lipinski definition) is 15. The minimum absolute atomic E-state index is 0.0208. The summed E-state index contributed by atoms with van der Waals surface area (Å²) >= 11 is 8.39. The summed E-state index contributed by atoms with van der Waals surface area (Å²) in [6.45, 7) is 10.1. The van der Waals surface area contributed by atoms with E-state index in [1.54, 1.807) is 41.5 Å². The second-order valence-corrected chi connectivity index (χ2v) is 26.6. The fourth-order valence-electron chi connectivity index (χ4n) is 12.2. The third-order valence-electron chi connectivity index (χ3n) is 17.7. The molecule has 96 heavy (non-hydrogen) atoms. The summed E-state index contributed by atoms with van der Waals surface area (Å²) in [7, 11) is 0. The summed E-state index contributed by atoms with van der Waals surface area (Å²) < 4.78 is 0. The van der Waals surface area contributed by atoms with Crippen LogP contribution in [0.5, 0.6) is 5.75 Å². The molecule has 15 N–H and O–H groups in total. The fraction of sp³-hybridized carbons (Fsp3) is 0.683. The molecule has 4 aliphatic rings. The number of likely N-dealkylation sites (tertiary alicyclic amines) is 4. The van der Waals surface area contributed by atoms with Crippen molar-refractivity contribution in [2.75, 3.05) is 50.8 Å². The van der Waals surface area contributed by atoms with Gasteiger partial charge in [-0.05, 0) is 119 Å². The number of rotatable bonds is 35. The Morgan fingerprint density at radius 3 is 1.42 bits per heavy atom. The molecule has 31 nitrogen and oxygen atoms in total. The lowest BCUT2D eigenvalue weighted by molar-refractivity contribution is -0.149. The van der Waals surface area contributed by atoms with Crippen molar-refractivity contribution in [3.05, 3.63) is 29.8 Å². The molecule has 0 aromatic heterocycles. The summed E-state index contributed by atoms with van der Waals surface area (Å²) in [6.07, 6.45) is 2.80. The predicted molar refractivity (Wildman–Crippen MR) is 355 cm³/mol. The van der Waals surface area contributed by atoms with E-state index in [-0.39, 0.29) is 101 Å². The zero-order valence-electron chi connectivity index (χ0n) is 55.4. The van der Waals surface area contributed by atoms with E-state index in [1.165, 1.54) is 43.9 Å². The number of nitrogens with one attached hydrogen (secondary N) is 8. The van der Waals surface area contributed by atoms with Gasteiger partial charge in [0.1, 0.15) is 72.2 Å². The topological polar surface area (TPSA) is 461 Å². The highest BCUT2D eigenvalue weighted by molar-refractivity contribution is 7.80. The minimum Gasteiger partial charge on any atom is -0.508 e. The first-order chi connectivity index (χ1) is 45.4. The normalized spacial score (nSPS) is 20.3. The largest absolute Gasteiger partial charge is 0.508 e. The van der Waals surface area contributed by atoms with Crippen molar-refractivity contribution in [3.63, 3.8) is 0 Å². The molecule has 0 saturated carbocycles. The highest BCUT2D eigenvalue weighted by Crippen LogP contribution is 2.28. The Kier molecular flexibility index (Phi) is 31.0. The van der Waals surface area contributed by atoms with E-state index >= 15 is 0 Å². The number of phenols is 1. The van der Waals surface area contributed by atoms with Gasteiger partial charge < -0.3 is 88.9 Å². The molecule has 1 aromatic carbocycles. The van der Waals surface area contributed by atoms with E-state index < -0.39 is 180 Å². The third kappa shape index (κ3) is 21.9. The van der Waals surface area contributed by atoms with Crippen LogP contribution in [0.25, 0.3) is 0 Å². The molecule has 33 heteroatoms. The van der Waals surface area contributed by atoms with Crippen LogP contribution in [0.2, 0.25) is 0 Å². The highest BCUT2D eigenvalue weighted by atomic mass is 32.1.